The summed E-state index contributed by atoms with van der Waals surface area (Å²) in [5.74, 6) is -0.00506. The summed E-state index contributed by atoms with van der Waals surface area (Å²) >= 11 is 0. The summed E-state index contributed by atoms with van der Waals surface area (Å²) in [6.07, 6.45) is 1.65. The van der Waals surface area contributed by atoms with Crippen LogP contribution < -0.4 is 0 Å². The van der Waals surface area contributed by atoms with E-state index in [1.807, 2.05) is 6.92 Å². The summed E-state index contributed by atoms with van der Waals surface area (Å²) in [5, 5.41) is 16.3. The zero-order chi connectivity index (χ0) is 12.3. The third-order valence-corrected chi connectivity index (χ3v) is 2.64. The number of hydrogen-bond acceptors (Lipinski definition) is 5. The van der Waals surface area contributed by atoms with Crippen LogP contribution in [0.15, 0.2) is 6.20 Å². The number of carbonyl (C=O) groups is 1. The minimum absolute atomic E-state index is 0.00506. The van der Waals surface area contributed by atoms with Crippen LogP contribution in [0.1, 0.15) is 12.6 Å². The summed E-state index contributed by atoms with van der Waals surface area (Å²) < 4.78 is 6.81. The second kappa shape index (κ2) is 5.24. The molecule has 7 nitrogen and oxygen atoms in total. The van der Waals surface area contributed by atoms with Crippen molar-refractivity contribution in [3.05, 3.63) is 11.9 Å². The number of hydrogen-bond donors (Lipinski definition) is 1. The number of aromatic nitrogens is 3. The Morgan fingerprint density at radius 2 is 2.53 bits per heavy atom. The molecular weight excluding hydrogens is 224 g/mol. The van der Waals surface area contributed by atoms with Gasteiger partial charge in [0.05, 0.1) is 25.5 Å². The van der Waals surface area contributed by atoms with Crippen molar-refractivity contribution in [2.24, 2.45) is 0 Å². The Labute approximate surface area is 99.0 Å². The van der Waals surface area contributed by atoms with Crippen LogP contribution in [0.25, 0.3) is 0 Å². The lowest BCUT2D eigenvalue weighted by Gasteiger charge is -2.31. The van der Waals surface area contributed by atoms with Crippen LogP contribution in [0.3, 0.4) is 0 Å². The van der Waals surface area contributed by atoms with Gasteiger partial charge in [0.2, 0.25) is 5.91 Å². The summed E-state index contributed by atoms with van der Waals surface area (Å²) in [6.45, 7) is 3.73. The van der Waals surface area contributed by atoms with Crippen molar-refractivity contribution in [3.8, 4) is 0 Å². The quantitative estimate of drug-likeness (QED) is 0.734. The molecule has 1 aromatic rings. The highest BCUT2D eigenvalue weighted by molar-refractivity contribution is 5.76. The van der Waals surface area contributed by atoms with Crippen LogP contribution in [0.5, 0.6) is 0 Å². The van der Waals surface area contributed by atoms with Crippen molar-refractivity contribution in [1.82, 2.24) is 19.9 Å². The minimum Gasteiger partial charge on any atom is -0.390 e. The highest BCUT2D eigenvalue weighted by atomic mass is 16.5. The molecule has 0 saturated carbocycles. The minimum atomic E-state index is -0.164. The number of carbonyl (C=O) groups excluding carboxylic acids is 1. The van der Waals surface area contributed by atoms with E-state index in [1.54, 1.807) is 11.1 Å². The van der Waals surface area contributed by atoms with E-state index in [9.17, 15) is 4.79 Å². The van der Waals surface area contributed by atoms with Crippen LogP contribution in [-0.4, -0.2) is 56.7 Å². The van der Waals surface area contributed by atoms with Crippen molar-refractivity contribution >= 4 is 5.91 Å². The fraction of sp³-hybridized carbons (Fsp3) is 0.700. The van der Waals surface area contributed by atoms with Gasteiger partial charge in [-0.3, -0.25) is 4.79 Å². The van der Waals surface area contributed by atoms with Gasteiger partial charge in [-0.05, 0) is 6.92 Å². The Morgan fingerprint density at radius 3 is 3.18 bits per heavy atom. The normalized spacial score (nSPS) is 20.6. The number of morpholine rings is 1. The van der Waals surface area contributed by atoms with Crippen LogP contribution >= 0.6 is 0 Å². The Morgan fingerprint density at radius 1 is 1.71 bits per heavy atom. The van der Waals surface area contributed by atoms with E-state index < -0.39 is 0 Å². The van der Waals surface area contributed by atoms with Crippen molar-refractivity contribution < 1.29 is 14.6 Å². The van der Waals surface area contributed by atoms with Crippen LogP contribution in [0.4, 0.5) is 0 Å². The second-order valence-electron chi connectivity index (χ2n) is 4.09. The number of rotatable bonds is 3. The molecule has 0 spiro atoms. The molecule has 0 radical (unpaired) electrons. The molecule has 1 N–H and O–H groups in total. The maximum absolute atomic E-state index is 11.9. The highest BCUT2D eigenvalue weighted by Crippen LogP contribution is 2.05. The van der Waals surface area contributed by atoms with Crippen molar-refractivity contribution in [3.63, 3.8) is 0 Å². The summed E-state index contributed by atoms with van der Waals surface area (Å²) in [7, 11) is 0. The predicted molar refractivity (Wildman–Crippen MR) is 57.9 cm³/mol. The molecule has 1 saturated heterocycles. The SMILES string of the molecule is CC1CN(C(=O)Cn2cc(CO)nn2)CCO1. The van der Waals surface area contributed by atoms with Gasteiger partial charge in [0, 0.05) is 13.1 Å². The van der Waals surface area contributed by atoms with Crippen LogP contribution in [0.2, 0.25) is 0 Å². The maximum atomic E-state index is 11.9. The van der Waals surface area contributed by atoms with Gasteiger partial charge in [0.1, 0.15) is 12.2 Å². The van der Waals surface area contributed by atoms with E-state index in [2.05, 4.69) is 10.3 Å². The number of aliphatic hydroxyl groups is 1. The first-order valence-electron chi connectivity index (χ1n) is 5.58. The molecule has 1 aromatic heterocycles. The molecule has 2 rings (SSSR count). The monoisotopic (exact) mass is 240 g/mol. The lowest BCUT2D eigenvalue weighted by Crippen LogP contribution is -2.45. The number of nitrogens with zero attached hydrogens (tertiary/aromatic N) is 4. The fourth-order valence-electron chi connectivity index (χ4n) is 1.77. The molecular formula is C10H16N4O3. The van der Waals surface area contributed by atoms with E-state index in [4.69, 9.17) is 9.84 Å². The Kier molecular flexibility index (Phi) is 3.70. The molecule has 1 amide bonds. The highest BCUT2D eigenvalue weighted by Gasteiger charge is 2.21. The lowest BCUT2D eigenvalue weighted by atomic mass is 10.3. The van der Waals surface area contributed by atoms with Crippen LogP contribution in [-0.2, 0) is 22.7 Å². The first kappa shape index (κ1) is 12.0. The van der Waals surface area contributed by atoms with Gasteiger partial charge in [0.25, 0.3) is 0 Å². The molecule has 1 unspecified atom stereocenters. The van der Waals surface area contributed by atoms with Gasteiger partial charge < -0.3 is 14.7 Å². The van der Waals surface area contributed by atoms with E-state index in [1.165, 1.54) is 4.68 Å². The Hall–Kier alpha value is -1.47. The van der Waals surface area contributed by atoms with Gasteiger partial charge in [-0.2, -0.15) is 0 Å². The van der Waals surface area contributed by atoms with Gasteiger partial charge in [-0.1, -0.05) is 5.21 Å². The van der Waals surface area contributed by atoms with Gasteiger partial charge in [0.15, 0.2) is 0 Å². The second-order valence-corrected chi connectivity index (χ2v) is 4.09. The molecule has 0 aliphatic carbocycles. The fourth-order valence-corrected chi connectivity index (χ4v) is 1.77. The Bertz CT molecular complexity index is 393. The maximum Gasteiger partial charge on any atom is 0.244 e. The van der Waals surface area contributed by atoms with Crippen molar-refractivity contribution in [2.45, 2.75) is 26.2 Å². The van der Waals surface area contributed by atoms with Gasteiger partial charge in [-0.25, -0.2) is 4.68 Å². The third kappa shape index (κ3) is 3.01. The molecule has 0 bridgehead atoms. The number of amides is 1. The molecule has 1 fully saturated rings. The predicted octanol–water partition coefficient (Wildman–Crippen LogP) is -0.982. The number of aliphatic hydroxyl groups excluding tert-OH is 1. The summed E-state index contributed by atoms with van der Waals surface area (Å²) in [5.41, 5.74) is 0.466. The van der Waals surface area contributed by atoms with Crippen molar-refractivity contribution in [2.75, 3.05) is 19.7 Å². The largest absolute Gasteiger partial charge is 0.390 e. The summed E-state index contributed by atoms with van der Waals surface area (Å²) in [4.78, 5) is 13.7. The molecule has 1 atom stereocenters. The zero-order valence-electron chi connectivity index (χ0n) is 9.74. The van der Waals surface area contributed by atoms with Gasteiger partial charge >= 0.3 is 0 Å². The van der Waals surface area contributed by atoms with Crippen molar-refractivity contribution in [1.29, 1.82) is 0 Å². The molecule has 94 valence electrons. The number of ether oxygens (including phenoxy) is 1. The lowest BCUT2D eigenvalue weighted by molar-refractivity contribution is -0.139. The average molecular weight is 240 g/mol. The van der Waals surface area contributed by atoms with Crippen LogP contribution in [0, 0.1) is 0 Å². The third-order valence-electron chi connectivity index (χ3n) is 2.64. The van der Waals surface area contributed by atoms with E-state index in [-0.39, 0.29) is 25.2 Å². The average Bonchev–Trinajstić information content (AvgIpc) is 2.77. The first-order valence-corrected chi connectivity index (χ1v) is 5.58. The van der Waals surface area contributed by atoms with E-state index >= 15 is 0 Å². The molecule has 17 heavy (non-hydrogen) atoms. The van der Waals surface area contributed by atoms with E-state index in [0.717, 1.165) is 0 Å². The standard InChI is InChI=1S/C10H16N4O3/c1-8-4-13(2-3-17-8)10(16)6-14-5-9(7-15)11-12-14/h5,8,15H,2-4,6-7H2,1H3. The Balaban J connectivity index is 1.91. The molecule has 1 aliphatic heterocycles. The molecule has 2 heterocycles. The zero-order valence-corrected chi connectivity index (χ0v) is 9.74. The first-order chi connectivity index (χ1) is 8.19. The summed E-state index contributed by atoms with van der Waals surface area (Å²) in [6, 6.07) is 0. The van der Waals surface area contributed by atoms with E-state index in [0.29, 0.717) is 25.4 Å². The van der Waals surface area contributed by atoms with Gasteiger partial charge in [-0.15, -0.1) is 5.10 Å². The topological polar surface area (TPSA) is 80.5 Å². The molecule has 1 aliphatic rings. The molecule has 0 aromatic carbocycles. The smallest absolute Gasteiger partial charge is 0.244 e. The molecule has 7 heteroatoms.